The summed E-state index contributed by atoms with van der Waals surface area (Å²) in [5, 5.41) is 0. The van der Waals surface area contributed by atoms with Crippen molar-refractivity contribution < 1.29 is 42.8 Å². The van der Waals surface area contributed by atoms with E-state index in [-0.39, 0.29) is 118 Å². The second kappa shape index (κ2) is 15.9. The molecule has 0 aliphatic carbocycles. The molecule has 0 aromatic rings. The van der Waals surface area contributed by atoms with Crippen LogP contribution in [0.3, 0.4) is 0 Å². The van der Waals surface area contributed by atoms with E-state index < -0.39 is 0 Å². The van der Waals surface area contributed by atoms with E-state index in [9.17, 15) is 0 Å². The minimum atomic E-state index is 0. The smallest absolute Gasteiger partial charge is 1.00 e. The van der Waals surface area contributed by atoms with E-state index in [2.05, 4.69) is 0 Å². The van der Waals surface area contributed by atoms with Gasteiger partial charge in [0.05, 0.1) is 0 Å². The van der Waals surface area contributed by atoms with Gasteiger partial charge in [0.2, 0.25) is 0 Å². The van der Waals surface area contributed by atoms with Crippen LogP contribution in [0.15, 0.2) is 0 Å². The standard InChI is InChI=1S/Ca.Ga.Gd.GeH4.5H/h;;;1H4;;;;;/q+2;;;;;;;2*-1. The van der Waals surface area contributed by atoms with E-state index >= 15 is 0 Å². The van der Waals surface area contributed by atoms with Gasteiger partial charge in [-0.2, -0.15) is 0 Å². The second-order valence-corrected chi connectivity index (χ2v) is 0. The first kappa shape index (κ1) is 25.1. The monoisotopic (exact) mass is 350 g/mol. The average Bonchev–Trinajstić information content (AvgIpc) is 0. The third-order valence-electron chi connectivity index (χ3n) is 0. The van der Waals surface area contributed by atoms with E-state index in [0.29, 0.717) is 0 Å². The molecule has 4 heavy (non-hydrogen) atoms. The molecular formula is H9CaGaGdGe. The first-order valence-corrected chi connectivity index (χ1v) is 0. The van der Waals surface area contributed by atoms with Crippen molar-refractivity contribution in [3.63, 3.8) is 0 Å². The molecule has 0 saturated heterocycles. The maximum Gasteiger partial charge on any atom is -1.00 e. The third kappa shape index (κ3) is 9.23. The minimum absolute atomic E-state index is 0. The molecule has 0 aromatic carbocycles. The van der Waals surface area contributed by atoms with Crippen molar-refractivity contribution in [2.75, 3.05) is 0 Å². The van der Waals surface area contributed by atoms with Crippen LogP contribution in [0.5, 0.6) is 0 Å². The van der Waals surface area contributed by atoms with Gasteiger partial charge in [-0.3, -0.25) is 0 Å². The summed E-state index contributed by atoms with van der Waals surface area (Å²) in [4.78, 5) is 0. The van der Waals surface area contributed by atoms with Gasteiger partial charge in [0.1, 0.15) is 0 Å². The summed E-state index contributed by atoms with van der Waals surface area (Å²) in [6.07, 6.45) is 0. The van der Waals surface area contributed by atoms with Crippen LogP contribution in [-0.2, 0) is 0 Å². The van der Waals surface area contributed by atoms with E-state index in [1.54, 1.807) is 0 Å². The molecule has 0 atom stereocenters. The van der Waals surface area contributed by atoms with Gasteiger partial charge in [0, 0.05) is 39.9 Å². The van der Waals surface area contributed by atoms with Crippen LogP contribution < -0.4 is 0 Å². The summed E-state index contributed by atoms with van der Waals surface area (Å²) in [7, 11) is 0. The van der Waals surface area contributed by atoms with Crippen LogP contribution >= 0.6 is 0 Å². The predicted molar refractivity (Wildman–Crippen MR) is 29.3 cm³/mol. The Bertz CT molecular complexity index is 13.5. The Kier molecular flexibility index (Phi) is 99.4. The van der Waals surface area contributed by atoms with Gasteiger partial charge in [-0.15, -0.1) is 0 Å². The van der Waals surface area contributed by atoms with Crippen LogP contribution in [0.4, 0.5) is 0 Å². The van der Waals surface area contributed by atoms with Gasteiger partial charge in [-0.1, -0.05) is 0 Å². The molecule has 26 valence electrons. The minimum Gasteiger partial charge on any atom is -1.00 e. The molecule has 0 heterocycles. The Hall–Kier alpha value is 3.76. The molecule has 0 amide bonds. The number of hydrogen-bond donors (Lipinski definition) is 0. The Labute approximate surface area is 115 Å². The van der Waals surface area contributed by atoms with Gasteiger partial charge in [-0.05, 0) is 0 Å². The molecule has 0 spiro atoms. The first-order chi connectivity index (χ1) is 0. The zero-order chi connectivity index (χ0) is 0. The van der Waals surface area contributed by atoms with E-state index in [1.807, 2.05) is 0 Å². The second-order valence-electron chi connectivity index (χ2n) is 0. The van der Waals surface area contributed by atoms with E-state index in [0.717, 1.165) is 0 Å². The van der Waals surface area contributed by atoms with E-state index in [1.165, 1.54) is 0 Å². The average molecular weight is 349 g/mol. The zero-order valence-corrected chi connectivity index (χ0v) is 5.54. The Morgan fingerprint density at radius 1 is 1.25 bits per heavy atom. The van der Waals surface area contributed by atoms with Crippen molar-refractivity contribution in [2.45, 2.75) is 0 Å². The Morgan fingerprint density at radius 3 is 1.25 bits per heavy atom. The van der Waals surface area contributed by atoms with Crippen molar-refractivity contribution in [1.29, 1.82) is 0 Å². The van der Waals surface area contributed by atoms with Crippen LogP contribution in [-0.4, -0.2) is 75.1 Å². The molecule has 0 fully saturated rings. The molecule has 0 bridgehead atoms. The summed E-state index contributed by atoms with van der Waals surface area (Å²) < 4.78 is 0. The van der Waals surface area contributed by atoms with Crippen LogP contribution in [0.2, 0.25) is 0 Å². The number of hydrogen-bond acceptors (Lipinski definition) is 0. The Morgan fingerprint density at radius 2 is 1.25 bits per heavy atom. The molecule has 4 heteroatoms. The van der Waals surface area contributed by atoms with Gasteiger partial charge in [0.15, 0.2) is 0 Å². The molecule has 0 saturated carbocycles. The summed E-state index contributed by atoms with van der Waals surface area (Å²) in [6, 6.07) is 0. The van der Waals surface area contributed by atoms with Crippen LogP contribution in [0, 0.1) is 39.9 Å². The van der Waals surface area contributed by atoms with Crippen molar-refractivity contribution in [1.82, 2.24) is 0 Å². The maximum absolute atomic E-state index is 0. The van der Waals surface area contributed by atoms with Gasteiger partial charge in [0.25, 0.3) is 0 Å². The molecule has 0 N–H and O–H groups in total. The molecule has 0 radical (unpaired) electrons. The van der Waals surface area contributed by atoms with Crippen molar-refractivity contribution in [3.05, 3.63) is 0 Å². The predicted octanol–water partition coefficient (Wildman–Crippen LogP) is -2.79. The zero-order valence-electron chi connectivity index (χ0n) is 3.06. The molecule has 0 unspecified atom stereocenters. The fourth-order valence-corrected chi connectivity index (χ4v) is 0. The molecule has 0 aliphatic rings. The van der Waals surface area contributed by atoms with E-state index in [4.69, 9.17) is 0 Å². The third-order valence-corrected chi connectivity index (χ3v) is 0. The fourth-order valence-electron chi connectivity index (χ4n) is 0. The summed E-state index contributed by atoms with van der Waals surface area (Å²) >= 11 is 0. The van der Waals surface area contributed by atoms with Crippen LogP contribution in [0.1, 0.15) is 2.85 Å². The summed E-state index contributed by atoms with van der Waals surface area (Å²) in [5.74, 6) is 0. The van der Waals surface area contributed by atoms with Gasteiger partial charge < -0.3 is 2.85 Å². The fraction of sp³-hybridized carbons (Fsp3) is 0. The summed E-state index contributed by atoms with van der Waals surface area (Å²) in [6.45, 7) is 0. The molecule has 0 aliphatic heterocycles. The largest absolute Gasteiger partial charge is 1.00 e. The summed E-state index contributed by atoms with van der Waals surface area (Å²) in [5.41, 5.74) is 0. The van der Waals surface area contributed by atoms with Crippen molar-refractivity contribution in [3.8, 4) is 0 Å². The molecule has 0 rings (SSSR count). The number of rotatable bonds is 0. The normalized spacial score (nSPS) is 0. The molecule has 0 nitrogen and oxygen atoms in total. The van der Waals surface area contributed by atoms with Crippen molar-refractivity contribution in [2.24, 2.45) is 0 Å². The van der Waals surface area contributed by atoms with Crippen LogP contribution in [0.25, 0.3) is 0 Å². The Balaban J connectivity index is 0. The maximum atomic E-state index is 0. The quantitative estimate of drug-likeness (QED) is 0.415. The van der Waals surface area contributed by atoms with Crippen molar-refractivity contribution >= 4 is 75.1 Å². The molecule has 0 aromatic heterocycles. The first-order valence-electron chi connectivity index (χ1n) is 0. The topological polar surface area (TPSA) is 0 Å². The van der Waals surface area contributed by atoms with Gasteiger partial charge in [-0.25, -0.2) is 0 Å². The SMILES string of the molecule is [Ca+2].[GaH3].[Gd].[GeH4].[H-].[H-]. The van der Waals surface area contributed by atoms with Gasteiger partial charge >= 0.3 is 75.1 Å². The molecular weight excluding hydrogens is 340 g/mol.